The van der Waals surface area contributed by atoms with Crippen LogP contribution in [0.3, 0.4) is 0 Å². The first-order valence-corrected chi connectivity index (χ1v) is 5.50. The molecule has 2 aromatic rings. The van der Waals surface area contributed by atoms with Crippen molar-refractivity contribution in [2.45, 2.75) is 13.5 Å². The molecule has 0 spiro atoms. The average molecular weight is 249 g/mol. The summed E-state index contributed by atoms with van der Waals surface area (Å²) in [6, 6.07) is 9.10. The van der Waals surface area contributed by atoms with Gasteiger partial charge in [-0.15, -0.1) is 0 Å². The van der Waals surface area contributed by atoms with E-state index in [0.29, 0.717) is 17.0 Å². The van der Waals surface area contributed by atoms with Crippen LogP contribution in [-0.2, 0) is 6.61 Å². The van der Waals surface area contributed by atoms with Gasteiger partial charge in [-0.05, 0) is 36.2 Å². The maximum absolute atomic E-state index is 13.0. The molecule has 2 rings (SSSR count). The third-order valence-electron chi connectivity index (χ3n) is 2.66. The van der Waals surface area contributed by atoms with Crippen LogP contribution >= 0.6 is 0 Å². The first-order valence-electron chi connectivity index (χ1n) is 5.50. The molecule has 0 aliphatic carbocycles. The first kappa shape index (κ1) is 12.4. The molecule has 0 saturated heterocycles. The Kier molecular flexibility index (Phi) is 3.46. The Bertz CT molecular complexity index is 570. The number of anilines is 1. The molecular weight excluding hydrogens is 236 g/mol. The van der Waals surface area contributed by atoms with Crippen LogP contribution in [0.5, 0.6) is 5.75 Å². The second kappa shape index (κ2) is 5.04. The summed E-state index contributed by atoms with van der Waals surface area (Å²) >= 11 is 0. The number of benzene rings is 2. The van der Waals surface area contributed by atoms with Gasteiger partial charge in [0.2, 0.25) is 0 Å². The molecule has 18 heavy (non-hydrogen) atoms. The number of para-hydroxylation sites is 1. The van der Waals surface area contributed by atoms with Crippen molar-refractivity contribution in [2.24, 2.45) is 0 Å². The van der Waals surface area contributed by atoms with Crippen LogP contribution in [0.15, 0.2) is 36.4 Å². The molecule has 0 heterocycles. The van der Waals surface area contributed by atoms with Crippen molar-refractivity contribution >= 4 is 5.69 Å². The van der Waals surface area contributed by atoms with Crippen molar-refractivity contribution in [1.82, 2.24) is 0 Å². The van der Waals surface area contributed by atoms with E-state index in [-0.39, 0.29) is 6.61 Å². The first-order chi connectivity index (χ1) is 8.58. The third-order valence-corrected chi connectivity index (χ3v) is 2.66. The molecule has 0 atom stereocenters. The smallest absolute Gasteiger partial charge is 0.159 e. The summed E-state index contributed by atoms with van der Waals surface area (Å²) in [6.45, 7) is 2.02. The van der Waals surface area contributed by atoms with E-state index in [1.165, 1.54) is 6.07 Å². The van der Waals surface area contributed by atoms with E-state index in [4.69, 9.17) is 10.5 Å². The van der Waals surface area contributed by atoms with E-state index in [1.807, 2.05) is 19.1 Å². The van der Waals surface area contributed by atoms with Crippen LogP contribution in [-0.4, -0.2) is 0 Å². The summed E-state index contributed by atoms with van der Waals surface area (Å²) in [7, 11) is 0. The fourth-order valence-corrected chi connectivity index (χ4v) is 1.57. The van der Waals surface area contributed by atoms with Crippen LogP contribution in [0.2, 0.25) is 0 Å². The summed E-state index contributed by atoms with van der Waals surface area (Å²) in [4.78, 5) is 0. The topological polar surface area (TPSA) is 35.2 Å². The Morgan fingerprint density at radius 1 is 1.11 bits per heavy atom. The molecule has 4 heteroatoms. The minimum absolute atomic E-state index is 0.144. The van der Waals surface area contributed by atoms with Crippen LogP contribution < -0.4 is 10.5 Å². The van der Waals surface area contributed by atoms with Crippen LogP contribution in [0.4, 0.5) is 14.5 Å². The van der Waals surface area contributed by atoms with Gasteiger partial charge in [0.1, 0.15) is 12.4 Å². The van der Waals surface area contributed by atoms with Gasteiger partial charge in [-0.2, -0.15) is 0 Å². The third kappa shape index (κ3) is 2.59. The number of hydrogen-bond acceptors (Lipinski definition) is 2. The summed E-state index contributed by atoms with van der Waals surface area (Å²) in [5.74, 6) is -1.21. The Labute approximate surface area is 104 Å². The lowest BCUT2D eigenvalue weighted by atomic mass is 10.2. The Morgan fingerprint density at radius 3 is 2.61 bits per heavy atom. The highest BCUT2D eigenvalue weighted by Crippen LogP contribution is 2.25. The highest BCUT2D eigenvalue weighted by molar-refractivity contribution is 5.57. The number of ether oxygens (including phenoxy) is 1. The summed E-state index contributed by atoms with van der Waals surface area (Å²) in [5, 5.41) is 0. The van der Waals surface area contributed by atoms with Gasteiger partial charge >= 0.3 is 0 Å². The van der Waals surface area contributed by atoms with Gasteiger partial charge in [0, 0.05) is 0 Å². The quantitative estimate of drug-likeness (QED) is 0.846. The molecule has 94 valence electrons. The highest BCUT2D eigenvalue weighted by Gasteiger charge is 2.05. The van der Waals surface area contributed by atoms with Gasteiger partial charge in [0.05, 0.1) is 5.69 Å². The zero-order valence-electron chi connectivity index (χ0n) is 9.91. The Balaban J connectivity index is 2.11. The minimum Gasteiger partial charge on any atom is -0.487 e. The van der Waals surface area contributed by atoms with E-state index in [0.717, 1.165) is 17.7 Å². The predicted octanol–water partition coefficient (Wildman–Crippen LogP) is 3.43. The molecule has 0 saturated carbocycles. The SMILES string of the molecule is Cc1cccc(OCc2ccc(F)c(F)c2)c1N. The summed E-state index contributed by atoms with van der Waals surface area (Å²) in [5.41, 5.74) is 7.86. The number of nitrogens with two attached hydrogens (primary N) is 1. The lowest BCUT2D eigenvalue weighted by Gasteiger charge is -2.10. The Hall–Kier alpha value is -2.10. The minimum atomic E-state index is -0.881. The number of nitrogen functional groups attached to an aromatic ring is 1. The molecule has 2 aromatic carbocycles. The molecule has 0 aliphatic heterocycles. The summed E-state index contributed by atoms with van der Waals surface area (Å²) in [6.07, 6.45) is 0. The Morgan fingerprint density at radius 2 is 1.89 bits per heavy atom. The van der Waals surface area contributed by atoms with Crippen molar-refractivity contribution in [3.63, 3.8) is 0 Å². The van der Waals surface area contributed by atoms with Crippen molar-refractivity contribution in [3.05, 3.63) is 59.2 Å². The van der Waals surface area contributed by atoms with Crippen molar-refractivity contribution < 1.29 is 13.5 Å². The number of aryl methyl sites for hydroxylation is 1. The lowest BCUT2D eigenvalue weighted by molar-refractivity contribution is 0.306. The molecule has 0 radical (unpaired) electrons. The van der Waals surface area contributed by atoms with Crippen molar-refractivity contribution in [2.75, 3.05) is 5.73 Å². The molecule has 2 nitrogen and oxygen atoms in total. The van der Waals surface area contributed by atoms with E-state index < -0.39 is 11.6 Å². The van der Waals surface area contributed by atoms with Crippen LogP contribution in [0.1, 0.15) is 11.1 Å². The summed E-state index contributed by atoms with van der Waals surface area (Å²) < 4.78 is 31.2. The van der Waals surface area contributed by atoms with Gasteiger partial charge in [-0.25, -0.2) is 8.78 Å². The van der Waals surface area contributed by atoms with Crippen molar-refractivity contribution in [1.29, 1.82) is 0 Å². The fourth-order valence-electron chi connectivity index (χ4n) is 1.57. The molecular formula is C14H13F2NO. The monoisotopic (exact) mass is 249 g/mol. The lowest BCUT2D eigenvalue weighted by Crippen LogP contribution is -2.00. The number of hydrogen-bond donors (Lipinski definition) is 1. The molecule has 0 bridgehead atoms. The molecule has 0 amide bonds. The number of rotatable bonds is 3. The normalized spacial score (nSPS) is 10.4. The van der Waals surface area contributed by atoms with Crippen molar-refractivity contribution in [3.8, 4) is 5.75 Å². The fraction of sp³-hybridized carbons (Fsp3) is 0.143. The standard InChI is InChI=1S/C14H13F2NO/c1-9-3-2-4-13(14(9)17)18-8-10-5-6-11(15)12(16)7-10/h2-7H,8,17H2,1H3. The van der Waals surface area contributed by atoms with E-state index in [2.05, 4.69) is 0 Å². The second-order valence-corrected chi connectivity index (χ2v) is 4.02. The van der Waals surface area contributed by atoms with Crippen LogP contribution in [0.25, 0.3) is 0 Å². The largest absolute Gasteiger partial charge is 0.487 e. The van der Waals surface area contributed by atoms with Gasteiger partial charge in [0.15, 0.2) is 11.6 Å². The van der Waals surface area contributed by atoms with Gasteiger partial charge in [-0.1, -0.05) is 18.2 Å². The molecule has 0 unspecified atom stereocenters. The van der Waals surface area contributed by atoms with Crippen LogP contribution in [0, 0.1) is 18.6 Å². The highest BCUT2D eigenvalue weighted by atomic mass is 19.2. The maximum atomic E-state index is 13.0. The van der Waals surface area contributed by atoms with E-state index in [9.17, 15) is 8.78 Å². The molecule has 0 aliphatic rings. The predicted molar refractivity (Wildman–Crippen MR) is 66.3 cm³/mol. The average Bonchev–Trinajstić information content (AvgIpc) is 2.35. The molecule has 0 aromatic heterocycles. The van der Waals surface area contributed by atoms with Gasteiger partial charge in [0.25, 0.3) is 0 Å². The van der Waals surface area contributed by atoms with E-state index >= 15 is 0 Å². The van der Waals surface area contributed by atoms with Gasteiger partial charge in [-0.3, -0.25) is 0 Å². The zero-order chi connectivity index (χ0) is 13.1. The molecule has 2 N–H and O–H groups in total. The molecule has 0 fully saturated rings. The maximum Gasteiger partial charge on any atom is 0.159 e. The number of halogens is 2. The zero-order valence-corrected chi connectivity index (χ0v) is 9.91. The van der Waals surface area contributed by atoms with Gasteiger partial charge < -0.3 is 10.5 Å². The second-order valence-electron chi connectivity index (χ2n) is 4.02. The van der Waals surface area contributed by atoms with E-state index in [1.54, 1.807) is 6.07 Å².